The van der Waals surface area contributed by atoms with E-state index >= 15 is 0 Å². The average molecular weight is 248 g/mol. The molecule has 1 aromatic carbocycles. The number of phenols is 1. The molecule has 0 heterocycles. The van der Waals surface area contributed by atoms with Gasteiger partial charge in [-0.25, -0.2) is 0 Å². The third kappa shape index (κ3) is 2.48. The average Bonchev–Trinajstić information content (AvgIpc) is 2.28. The summed E-state index contributed by atoms with van der Waals surface area (Å²) in [4.78, 5) is 14.3. The maximum absolute atomic E-state index is 12.5. The Kier molecular flexibility index (Phi) is 3.87. The Labute approximate surface area is 107 Å². The van der Waals surface area contributed by atoms with Crippen molar-refractivity contribution in [3.8, 4) is 5.75 Å². The van der Waals surface area contributed by atoms with Crippen LogP contribution in [0.1, 0.15) is 35.2 Å². The molecule has 18 heavy (non-hydrogen) atoms. The summed E-state index contributed by atoms with van der Waals surface area (Å²) in [5.74, 6) is -0.0571. The third-order valence-corrected chi connectivity index (χ3v) is 3.53. The van der Waals surface area contributed by atoms with Crippen LogP contribution >= 0.6 is 0 Å². The summed E-state index contributed by atoms with van der Waals surface area (Å²) in [6, 6.07) is 5.40. The van der Waals surface area contributed by atoms with Gasteiger partial charge in [-0.1, -0.05) is 11.6 Å². The van der Waals surface area contributed by atoms with Crippen LogP contribution < -0.4 is 5.73 Å². The highest BCUT2D eigenvalue weighted by molar-refractivity contribution is 5.97. The van der Waals surface area contributed by atoms with Gasteiger partial charge in [-0.2, -0.15) is 0 Å². The largest absolute Gasteiger partial charge is 0.507 e. The van der Waals surface area contributed by atoms with E-state index in [4.69, 9.17) is 5.73 Å². The van der Waals surface area contributed by atoms with E-state index < -0.39 is 0 Å². The number of carbonyl (C=O) groups excluding carboxylic acids is 1. The van der Waals surface area contributed by atoms with Crippen LogP contribution in [0.25, 0.3) is 0 Å². The van der Waals surface area contributed by atoms with Crippen LogP contribution in [0.2, 0.25) is 0 Å². The van der Waals surface area contributed by atoms with E-state index in [0.717, 1.165) is 18.4 Å². The minimum Gasteiger partial charge on any atom is -0.507 e. The molecule has 0 unspecified atom stereocenters. The third-order valence-electron chi connectivity index (χ3n) is 3.53. The van der Waals surface area contributed by atoms with Gasteiger partial charge in [-0.05, 0) is 38.3 Å². The summed E-state index contributed by atoms with van der Waals surface area (Å²) in [7, 11) is 0. The number of aryl methyl sites for hydroxylation is 1. The van der Waals surface area contributed by atoms with Gasteiger partial charge in [-0.15, -0.1) is 0 Å². The van der Waals surface area contributed by atoms with Crippen molar-refractivity contribution >= 4 is 5.91 Å². The van der Waals surface area contributed by atoms with Crippen LogP contribution in [0.4, 0.5) is 0 Å². The first-order valence-electron chi connectivity index (χ1n) is 6.44. The highest BCUT2D eigenvalue weighted by Crippen LogP contribution is 2.28. The predicted molar refractivity (Wildman–Crippen MR) is 70.6 cm³/mol. The molecule has 0 aromatic heterocycles. The first-order chi connectivity index (χ1) is 8.63. The number of carbonyl (C=O) groups is 1. The summed E-state index contributed by atoms with van der Waals surface area (Å²) >= 11 is 0. The normalized spacial score (nSPS) is 15.2. The van der Waals surface area contributed by atoms with Gasteiger partial charge >= 0.3 is 0 Å². The zero-order valence-corrected chi connectivity index (χ0v) is 10.7. The van der Waals surface area contributed by atoms with Gasteiger partial charge in [0.05, 0.1) is 5.56 Å². The Balaban J connectivity index is 2.23. The van der Waals surface area contributed by atoms with E-state index in [9.17, 15) is 9.90 Å². The first kappa shape index (κ1) is 12.9. The Hall–Kier alpha value is -1.55. The van der Waals surface area contributed by atoms with E-state index in [1.807, 2.05) is 6.92 Å². The molecule has 1 saturated carbocycles. The standard InChI is InChI=1S/C14H20N2O2/c1-10-5-6-13(17)12(9-10)14(18)16(8-7-15)11-3-2-4-11/h5-6,9,11,17H,2-4,7-8,15H2,1H3. The summed E-state index contributed by atoms with van der Waals surface area (Å²) < 4.78 is 0. The van der Waals surface area contributed by atoms with E-state index in [2.05, 4.69) is 0 Å². The van der Waals surface area contributed by atoms with Crippen LogP contribution in [-0.2, 0) is 0 Å². The molecule has 4 heteroatoms. The minimum atomic E-state index is -0.105. The molecule has 0 aliphatic heterocycles. The SMILES string of the molecule is Cc1ccc(O)c(C(=O)N(CCN)C2CCC2)c1. The number of benzene rings is 1. The zero-order valence-electron chi connectivity index (χ0n) is 10.7. The lowest BCUT2D eigenvalue weighted by Gasteiger charge is -2.37. The van der Waals surface area contributed by atoms with Crippen LogP contribution in [-0.4, -0.2) is 35.0 Å². The molecule has 1 aromatic rings. The molecule has 98 valence electrons. The number of aromatic hydroxyl groups is 1. The van der Waals surface area contributed by atoms with Crippen LogP contribution in [0.5, 0.6) is 5.75 Å². The number of phenolic OH excluding ortho intramolecular Hbond substituents is 1. The molecule has 1 amide bonds. The summed E-state index contributed by atoms with van der Waals surface area (Å²) in [5.41, 5.74) is 6.93. The lowest BCUT2D eigenvalue weighted by Crippen LogP contribution is -2.46. The van der Waals surface area contributed by atoms with E-state index in [-0.39, 0.29) is 11.7 Å². The summed E-state index contributed by atoms with van der Waals surface area (Å²) in [6.45, 7) is 2.92. The van der Waals surface area contributed by atoms with Gasteiger partial charge < -0.3 is 15.7 Å². The number of amides is 1. The van der Waals surface area contributed by atoms with Crippen molar-refractivity contribution in [2.75, 3.05) is 13.1 Å². The fourth-order valence-corrected chi connectivity index (χ4v) is 2.26. The lowest BCUT2D eigenvalue weighted by atomic mass is 9.90. The topological polar surface area (TPSA) is 66.6 Å². The Morgan fingerprint density at radius 2 is 2.22 bits per heavy atom. The van der Waals surface area contributed by atoms with Crippen molar-refractivity contribution in [3.63, 3.8) is 0 Å². The number of hydrogen-bond acceptors (Lipinski definition) is 3. The second-order valence-corrected chi connectivity index (χ2v) is 4.89. The van der Waals surface area contributed by atoms with Crippen molar-refractivity contribution in [1.82, 2.24) is 4.90 Å². The van der Waals surface area contributed by atoms with Crippen LogP contribution in [0.3, 0.4) is 0 Å². The second-order valence-electron chi connectivity index (χ2n) is 4.89. The van der Waals surface area contributed by atoms with Crippen LogP contribution in [0, 0.1) is 6.92 Å². The van der Waals surface area contributed by atoms with E-state index in [0.29, 0.717) is 24.7 Å². The predicted octanol–water partition coefficient (Wildman–Crippen LogP) is 1.65. The van der Waals surface area contributed by atoms with Crippen molar-refractivity contribution in [3.05, 3.63) is 29.3 Å². The minimum absolute atomic E-state index is 0.0481. The molecule has 0 bridgehead atoms. The maximum Gasteiger partial charge on any atom is 0.257 e. The van der Waals surface area contributed by atoms with Crippen molar-refractivity contribution in [1.29, 1.82) is 0 Å². The number of hydrogen-bond donors (Lipinski definition) is 2. The quantitative estimate of drug-likeness (QED) is 0.851. The van der Waals surface area contributed by atoms with E-state index in [1.165, 1.54) is 6.42 Å². The Bertz CT molecular complexity index is 441. The number of nitrogens with zero attached hydrogens (tertiary/aromatic N) is 1. The molecule has 1 aliphatic rings. The number of rotatable bonds is 4. The second kappa shape index (κ2) is 5.40. The monoisotopic (exact) mass is 248 g/mol. The molecule has 1 fully saturated rings. The number of nitrogens with two attached hydrogens (primary N) is 1. The Morgan fingerprint density at radius 1 is 1.50 bits per heavy atom. The first-order valence-corrected chi connectivity index (χ1v) is 6.44. The molecule has 1 aliphatic carbocycles. The van der Waals surface area contributed by atoms with Gasteiger partial charge in [0.2, 0.25) is 0 Å². The van der Waals surface area contributed by atoms with Crippen molar-refractivity contribution in [2.24, 2.45) is 5.73 Å². The molecule has 2 rings (SSSR count). The summed E-state index contributed by atoms with van der Waals surface area (Å²) in [6.07, 6.45) is 3.25. The Morgan fingerprint density at radius 3 is 2.78 bits per heavy atom. The van der Waals surface area contributed by atoms with Gasteiger partial charge in [0.1, 0.15) is 5.75 Å². The van der Waals surface area contributed by atoms with Gasteiger partial charge in [0.25, 0.3) is 5.91 Å². The van der Waals surface area contributed by atoms with Crippen molar-refractivity contribution < 1.29 is 9.90 Å². The van der Waals surface area contributed by atoms with Gasteiger partial charge in [0, 0.05) is 19.1 Å². The van der Waals surface area contributed by atoms with E-state index in [1.54, 1.807) is 23.1 Å². The highest BCUT2D eigenvalue weighted by atomic mass is 16.3. The fourth-order valence-electron chi connectivity index (χ4n) is 2.26. The smallest absolute Gasteiger partial charge is 0.257 e. The molecular formula is C14H20N2O2. The van der Waals surface area contributed by atoms with Crippen molar-refractivity contribution in [2.45, 2.75) is 32.2 Å². The molecule has 0 saturated heterocycles. The zero-order chi connectivity index (χ0) is 13.1. The summed E-state index contributed by atoms with van der Waals surface area (Å²) in [5, 5.41) is 9.82. The van der Waals surface area contributed by atoms with Gasteiger partial charge in [-0.3, -0.25) is 4.79 Å². The fraction of sp³-hybridized carbons (Fsp3) is 0.500. The molecule has 0 radical (unpaired) electrons. The lowest BCUT2D eigenvalue weighted by molar-refractivity contribution is 0.0585. The van der Waals surface area contributed by atoms with Crippen LogP contribution in [0.15, 0.2) is 18.2 Å². The molecule has 3 N–H and O–H groups in total. The molecule has 0 spiro atoms. The maximum atomic E-state index is 12.5. The molecular weight excluding hydrogens is 228 g/mol. The molecule has 4 nitrogen and oxygen atoms in total. The van der Waals surface area contributed by atoms with Gasteiger partial charge in [0.15, 0.2) is 0 Å². The highest BCUT2D eigenvalue weighted by Gasteiger charge is 2.29. The molecule has 0 atom stereocenters.